The number of aromatic amines is 1. The largest absolute Gasteiger partial charge is 0.330 e. The summed E-state index contributed by atoms with van der Waals surface area (Å²) in [7, 11) is 0. The molecule has 3 N–H and O–H groups in total. The highest BCUT2D eigenvalue weighted by molar-refractivity contribution is 6.36. The van der Waals surface area contributed by atoms with Crippen molar-refractivity contribution in [2.75, 3.05) is 10.6 Å². The van der Waals surface area contributed by atoms with Crippen LogP contribution in [0.3, 0.4) is 0 Å². The zero-order valence-electron chi connectivity index (χ0n) is 13.7. The average Bonchev–Trinajstić information content (AvgIpc) is 3.37. The van der Waals surface area contributed by atoms with Crippen molar-refractivity contribution >= 4 is 52.2 Å². The molecule has 1 aromatic carbocycles. The van der Waals surface area contributed by atoms with Gasteiger partial charge in [0.1, 0.15) is 6.20 Å². The van der Waals surface area contributed by atoms with Gasteiger partial charge < -0.3 is 10.6 Å². The van der Waals surface area contributed by atoms with Crippen molar-refractivity contribution in [3.8, 4) is 0 Å². The molecule has 0 unspecified atom stereocenters. The molecule has 1 fully saturated rings. The number of aromatic nitrogens is 4. The van der Waals surface area contributed by atoms with Gasteiger partial charge >= 0.3 is 5.69 Å². The van der Waals surface area contributed by atoms with E-state index in [0.717, 1.165) is 24.7 Å². The Hall–Kier alpha value is -2.91. The third-order valence-corrected chi connectivity index (χ3v) is 4.55. The van der Waals surface area contributed by atoms with E-state index in [1.54, 1.807) is 18.2 Å². The lowest BCUT2D eigenvalue weighted by molar-refractivity contribution is -0.384. The summed E-state index contributed by atoms with van der Waals surface area (Å²) < 4.78 is 0. The summed E-state index contributed by atoms with van der Waals surface area (Å²) in [6.45, 7) is 0. The topological polar surface area (TPSA) is 122 Å². The molecule has 2 heterocycles. The second-order valence-electron chi connectivity index (χ2n) is 6.04. The number of nitro groups is 1. The van der Waals surface area contributed by atoms with Crippen molar-refractivity contribution in [3.05, 3.63) is 56.3 Å². The molecule has 0 spiro atoms. The van der Waals surface area contributed by atoms with E-state index in [9.17, 15) is 10.1 Å². The van der Waals surface area contributed by atoms with Crippen molar-refractivity contribution in [3.63, 3.8) is 0 Å². The van der Waals surface area contributed by atoms with Gasteiger partial charge in [0.05, 0.1) is 15.6 Å². The van der Waals surface area contributed by atoms with Gasteiger partial charge in [0.2, 0.25) is 11.8 Å². The summed E-state index contributed by atoms with van der Waals surface area (Å²) in [5.74, 6) is 1.11. The summed E-state index contributed by atoms with van der Waals surface area (Å²) in [4.78, 5) is 18.9. The van der Waals surface area contributed by atoms with Crippen LogP contribution in [-0.4, -0.2) is 25.1 Å². The van der Waals surface area contributed by atoms with Crippen LogP contribution in [0.5, 0.6) is 0 Å². The first-order valence-corrected chi connectivity index (χ1v) is 8.81. The van der Waals surface area contributed by atoms with Crippen LogP contribution in [0.25, 0.3) is 0 Å². The lowest BCUT2D eigenvalue weighted by atomic mass is 10.3. The van der Waals surface area contributed by atoms with E-state index in [2.05, 4.69) is 30.8 Å². The Balaban J connectivity index is 1.61. The lowest BCUT2D eigenvalue weighted by Crippen LogP contribution is -2.05. The molecular formula is C16H13Cl2N7O2. The van der Waals surface area contributed by atoms with Crippen LogP contribution < -0.4 is 10.6 Å². The second-order valence-corrected chi connectivity index (χ2v) is 6.89. The number of hydrogen-bond acceptors (Lipinski definition) is 7. The minimum Gasteiger partial charge on any atom is -0.323 e. The zero-order chi connectivity index (χ0) is 19.0. The Kier molecular flexibility index (Phi) is 4.54. The van der Waals surface area contributed by atoms with Crippen LogP contribution in [0.4, 0.5) is 29.0 Å². The molecule has 1 aliphatic rings. The molecule has 0 amide bonds. The Morgan fingerprint density at radius 2 is 2.04 bits per heavy atom. The van der Waals surface area contributed by atoms with Gasteiger partial charge in [-0.05, 0) is 31.0 Å². The maximum atomic E-state index is 11.3. The first-order valence-electron chi connectivity index (χ1n) is 8.05. The smallest absolute Gasteiger partial charge is 0.323 e. The molecule has 0 saturated heterocycles. The van der Waals surface area contributed by atoms with Gasteiger partial charge in [0.15, 0.2) is 5.82 Å². The predicted octanol–water partition coefficient (Wildman–Crippen LogP) is 4.78. The maximum Gasteiger partial charge on any atom is 0.330 e. The monoisotopic (exact) mass is 405 g/mol. The van der Waals surface area contributed by atoms with Gasteiger partial charge in [0.25, 0.3) is 0 Å². The first-order chi connectivity index (χ1) is 13.0. The molecule has 11 heteroatoms. The van der Waals surface area contributed by atoms with Crippen LogP contribution in [-0.2, 0) is 0 Å². The third kappa shape index (κ3) is 3.93. The minimum atomic E-state index is -0.560. The van der Waals surface area contributed by atoms with Gasteiger partial charge in [-0.25, -0.2) is 4.98 Å². The molecule has 0 atom stereocenters. The number of H-pyrrole nitrogens is 1. The summed E-state index contributed by atoms with van der Waals surface area (Å²) in [5, 5.41) is 25.0. The van der Waals surface area contributed by atoms with Crippen molar-refractivity contribution < 1.29 is 4.92 Å². The molecule has 2 aromatic heterocycles. The van der Waals surface area contributed by atoms with Crippen molar-refractivity contribution in [1.29, 1.82) is 0 Å². The van der Waals surface area contributed by atoms with Crippen LogP contribution >= 0.6 is 23.2 Å². The van der Waals surface area contributed by atoms with Crippen LogP contribution in [0.2, 0.25) is 10.0 Å². The summed E-state index contributed by atoms with van der Waals surface area (Å²) in [6, 6.07) is 6.72. The van der Waals surface area contributed by atoms with Crippen molar-refractivity contribution in [2.24, 2.45) is 0 Å². The molecule has 138 valence electrons. The number of nitrogens with one attached hydrogen (secondary N) is 3. The number of anilines is 4. The van der Waals surface area contributed by atoms with Gasteiger partial charge in [-0.1, -0.05) is 23.2 Å². The predicted molar refractivity (Wildman–Crippen MR) is 102 cm³/mol. The lowest BCUT2D eigenvalue weighted by Gasteiger charge is -2.09. The van der Waals surface area contributed by atoms with Crippen molar-refractivity contribution in [2.45, 2.75) is 18.8 Å². The SMILES string of the molecule is O=[N+]([O-])c1cnc(Nc2ccc(Cl)cc2Cl)nc1Nc1cc(C2CC2)[nH]n1. The number of benzene rings is 1. The first kappa shape index (κ1) is 17.5. The van der Waals surface area contributed by atoms with Gasteiger partial charge in [-0.2, -0.15) is 10.1 Å². The molecule has 0 aliphatic heterocycles. The molecule has 3 aromatic rings. The molecule has 0 bridgehead atoms. The molecule has 4 rings (SSSR count). The molecular weight excluding hydrogens is 393 g/mol. The number of nitrogens with zero attached hydrogens (tertiary/aromatic N) is 4. The number of halogens is 2. The summed E-state index contributed by atoms with van der Waals surface area (Å²) in [6.07, 6.45) is 3.35. The van der Waals surface area contributed by atoms with Gasteiger partial charge in [-0.15, -0.1) is 0 Å². The highest BCUT2D eigenvalue weighted by Gasteiger charge is 2.26. The Bertz CT molecular complexity index is 1020. The second kappa shape index (κ2) is 7.01. The zero-order valence-corrected chi connectivity index (χ0v) is 15.3. The fraction of sp³-hybridized carbons (Fsp3) is 0.188. The summed E-state index contributed by atoms with van der Waals surface area (Å²) in [5.41, 5.74) is 1.26. The summed E-state index contributed by atoms with van der Waals surface area (Å²) >= 11 is 12.0. The number of hydrogen-bond donors (Lipinski definition) is 3. The van der Waals surface area contributed by atoms with E-state index < -0.39 is 4.92 Å². The highest BCUT2D eigenvalue weighted by atomic mass is 35.5. The Labute approximate surface area is 163 Å². The van der Waals surface area contributed by atoms with E-state index in [4.69, 9.17) is 23.2 Å². The molecule has 1 aliphatic carbocycles. The normalized spacial score (nSPS) is 13.4. The standard InChI is InChI=1S/C16H13Cl2N7O2/c17-9-3-4-11(10(18)5-9)20-16-19-7-13(25(26)27)15(22-16)21-14-6-12(23-24-14)8-1-2-8/h3-8H,1-2H2,(H3,19,20,21,22,23,24). The minimum absolute atomic E-state index is 0.0245. The molecule has 0 radical (unpaired) electrons. The molecule has 1 saturated carbocycles. The van der Waals surface area contributed by atoms with E-state index in [1.165, 1.54) is 0 Å². The number of rotatable bonds is 6. The van der Waals surface area contributed by atoms with Crippen molar-refractivity contribution in [1.82, 2.24) is 20.2 Å². The quantitative estimate of drug-likeness (QED) is 0.398. The van der Waals surface area contributed by atoms with E-state index in [-0.39, 0.29) is 17.5 Å². The van der Waals surface area contributed by atoms with E-state index >= 15 is 0 Å². The maximum absolute atomic E-state index is 11.3. The highest BCUT2D eigenvalue weighted by Crippen LogP contribution is 2.40. The third-order valence-electron chi connectivity index (χ3n) is 4.01. The Morgan fingerprint density at radius 1 is 1.22 bits per heavy atom. The average molecular weight is 406 g/mol. The van der Waals surface area contributed by atoms with Crippen LogP contribution in [0.15, 0.2) is 30.5 Å². The van der Waals surface area contributed by atoms with Gasteiger partial charge in [0, 0.05) is 22.7 Å². The fourth-order valence-corrected chi connectivity index (χ4v) is 2.95. The van der Waals surface area contributed by atoms with E-state index in [1.807, 2.05) is 6.07 Å². The van der Waals surface area contributed by atoms with Crippen LogP contribution in [0, 0.1) is 10.1 Å². The van der Waals surface area contributed by atoms with E-state index in [0.29, 0.717) is 27.5 Å². The van der Waals surface area contributed by atoms with Crippen LogP contribution in [0.1, 0.15) is 24.5 Å². The fourth-order valence-electron chi connectivity index (χ4n) is 2.50. The molecule has 27 heavy (non-hydrogen) atoms. The molecule has 9 nitrogen and oxygen atoms in total. The van der Waals surface area contributed by atoms with Gasteiger partial charge in [-0.3, -0.25) is 15.2 Å². The Morgan fingerprint density at radius 3 is 2.74 bits per heavy atom.